The molecule has 2 aromatic carbocycles. The highest BCUT2D eigenvalue weighted by atomic mass is 14.3. The van der Waals surface area contributed by atoms with Crippen molar-refractivity contribution >= 4 is 5.57 Å². The quantitative estimate of drug-likeness (QED) is 0.513. The number of hydrogen-bond donors (Lipinski definition) is 0. The zero-order valence-corrected chi connectivity index (χ0v) is 16.9. The summed E-state index contributed by atoms with van der Waals surface area (Å²) in [5, 5.41) is 0. The van der Waals surface area contributed by atoms with Gasteiger partial charge in [-0.05, 0) is 51.9 Å². The average molecular weight is 335 g/mol. The predicted octanol–water partition coefficient (Wildman–Crippen LogP) is 7.49. The SMILES string of the molecule is C=C(c1ccccc1)c1ccc(C(C)(C)[C@@H](C)CCC(C)(C)C)cc1. The molecule has 0 fully saturated rings. The van der Waals surface area contributed by atoms with Crippen LogP contribution in [0, 0.1) is 11.3 Å². The summed E-state index contributed by atoms with van der Waals surface area (Å²) in [4.78, 5) is 0. The molecule has 0 aliphatic carbocycles. The first-order valence-electron chi connectivity index (χ1n) is 9.46. The lowest BCUT2D eigenvalue weighted by atomic mass is 9.70. The summed E-state index contributed by atoms with van der Waals surface area (Å²) in [6.07, 6.45) is 2.52. The zero-order valence-electron chi connectivity index (χ0n) is 16.9. The molecule has 0 amide bonds. The molecule has 2 aromatic rings. The van der Waals surface area contributed by atoms with E-state index in [1.54, 1.807) is 0 Å². The lowest BCUT2D eigenvalue weighted by molar-refractivity contribution is 0.264. The summed E-state index contributed by atoms with van der Waals surface area (Å²) in [5.74, 6) is 0.648. The van der Waals surface area contributed by atoms with Crippen molar-refractivity contribution in [2.75, 3.05) is 0 Å². The van der Waals surface area contributed by atoms with E-state index in [-0.39, 0.29) is 5.41 Å². The van der Waals surface area contributed by atoms with Gasteiger partial charge in [-0.3, -0.25) is 0 Å². The van der Waals surface area contributed by atoms with Gasteiger partial charge in [0, 0.05) is 0 Å². The van der Waals surface area contributed by atoms with Crippen LogP contribution in [0.25, 0.3) is 5.57 Å². The van der Waals surface area contributed by atoms with Crippen LogP contribution in [0.15, 0.2) is 61.2 Å². The van der Waals surface area contributed by atoms with Gasteiger partial charge in [-0.25, -0.2) is 0 Å². The van der Waals surface area contributed by atoms with Gasteiger partial charge in [0.05, 0.1) is 0 Å². The fourth-order valence-electron chi connectivity index (χ4n) is 3.20. The minimum Gasteiger partial charge on any atom is -0.0906 e. The molecule has 0 radical (unpaired) electrons. The summed E-state index contributed by atoms with van der Waals surface area (Å²) in [5.41, 5.74) is 5.48. The Hall–Kier alpha value is -1.82. The van der Waals surface area contributed by atoms with E-state index in [0.29, 0.717) is 11.3 Å². The van der Waals surface area contributed by atoms with Gasteiger partial charge >= 0.3 is 0 Å². The molecule has 0 aliphatic heterocycles. The normalized spacial score (nSPS) is 13.5. The Bertz CT molecular complexity index is 681. The first-order valence-corrected chi connectivity index (χ1v) is 9.46. The third kappa shape index (κ3) is 5.08. The van der Waals surface area contributed by atoms with Crippen molar-refractivity contribution in [2.24, 2.45) is 11.3 Å². The maximum atomic E-state index is 4.28. The largest absolute Gasteiger partial charge is 0.0906 e. The Morgan fingerprint density at radius 3 is 1.88 bits per heavy atom. The van der Waals surface area contributed by atoms with E-state index in [9.17, 15) is 0 Å². The first kappa shape index (κ1) is 19.5. The lowest BCUT2D eigenvalue weighted by Crippen LogP contribution is -2.27. The average Bonchev–Trinajstić information content (AvgIpc) is 2.59. The molecule has 0 saturated heterocycles. The Labute approximate surface area is 155 Å². The van der Waals surface area contributed by atoms with Gasteiger partial charge in [-0.15, -0.1) is 0 Å². The van der Waals surface area contributed by atoms with Gasteiger partial charge < -0.3 is 0 Å². The van der Waals surface area contributed by atoms with E-state index < -0.39 is 0 Å². The fourth-order valence-corrected chi connectivity index (χ4v) is 3.20. The smallest absolute Gasteiger partial charge is 0.00779 e. The summed E-state index contributed by atoms with van der Waals surface area (Å²) < 4.78 is 0. The van der Waals surface area contributed by atoms with Gasteiger partial charge in [0.2, 0.25) is 0 Å². The molecule has 0 aromatic heterocycles. The van der Waals surface area contributed by atoms with Crippen LogP contribution in [-0.2, 0) is 5.41 Å². The van der Waals surface area contributed by atoms with Crippen molar-refractivity contribution < 1.29 is 0 Å². The molecule has 0 bridgehead atoms. The Kier molecular flexibility index (Phi) is 5.93. The minimum atomic E-state index is 0.178. The van der Waals surface area contributed by atoms with Gasteiger partial charge in [0.25, 0.3) is 0 Å². The Morgan fingerprint density at radius 1 is 0.840 bits per heavy atom. The fraction of sp³-hybridized carbons (Fsp3) is 0.440. The highest BCUT2D eigenvalue weighted by Gasteiger charge is 2.28. The molecule has 0 nitrogen and oxygen atoms in total. The second-order valence-electron chi connectivity index (χ2n) is 9.14. The zero-order chi connectivity index (χ0) is 18.7. The van der Waals surface area contributed by atoms with E-state index in [1.165, 1.54) is 29.5 Å². The molecule has 2 rings (SSSR count). The third-order valence-electron chi connectivity index (χ3n) is 5.66. The molecule has 0 spiro atoms. The number of hydrogen-bond acceptors (Lipinski definition) is 0. The monoisotopic (exact) mass is 334 g/mol. The summed E-state index contributed by atoms with van der Waals surface area (Å²) in [7, 11) is 0. The van der Waals surface area contributed by atoms with Crippen LogP contribution in [0.1, 0.15) is 71.1 Å². The Balaban J connectivity index is 2.14. The van der Waals surface area contributed by atoms with Crippen molar-refractivity contribution in [3.8, 4) is 0 Å². The van der Waals surface area contributed by atoms with Crippen LogP contribution in [0.2, 0.25) is 0 Å². The third-order valence-corrected chi connectivity index (χ3v) is 5.66. The standard InChI is InChI=1S/C25H34/c1-19(17-18-24(3,4)5)25(6,7)23-15-13-22(14-16-23)20(2)21-11-9-8-10-12-21/h8-16,19H,2,17-18H2,1,3-7H3/t19-/m0/s1. The predicted molar refractivity (Wildman–Crippen MR) is 112 cm³/mol. The summed E-state index contributed by atoms with van der Waals surface area (Å²) >= 11 is 0. The molecular formula is C25H34. The molecule has 0 saturated carbocycles. The second kappa shape index (κ2) is 7.60. The van der Waals surface area contributed by atoms with Crippen LogP contribution < -0.4 is 0 Å². The van der Waals surface area contributed by atoms with Crippen molar-refractivity contribution in [1.82, 2.24) is 0 Å². The molecule has 1 atom stereocenters. The van der Waals surface area contributed by atoms with Crippen LogP contribution in [0.3, 0.4) is 0 Å². The molecule has 25 heavy (non-hydrogen) atoms. The Morgan fingerprint density at radius 2 is 1.36 bits per heavy atom. The molecule has 0 aliphatic rings. The second-order valence-corrected chi connectivity index (χ2v) is 9.14. The van der Waals surface area contributed by atoms with Crippen molar-refractivity contribution in [2.45, 2.75) is 59.8 Å². The number of rotatable bonds is 6. The van der Waals surface area contributed by atoms with Crippen molar-refractivity contribution in [1.29, 1.82) is 0 Å². The summed E-state index contributed by atoms with van der Waals surface area (Å²) in [6, 6.07) is 19.4. The number of benzene rings is 2. The minimum absolute atomic E-state index is 0.178. The van der Waals surface area contributed by atoms with Gasteiger partial charge in [-0.1, -0.05) is 103 Å². The molecule has 0 unspecified atom stereocenters. The van der Waals surface area contributed by atoms with E-state index >= 15 is 0 Å². The lowest BCUT2D eigenvalue weighted by Gasteiger charge is -2.34. The topological polar surface area (TPSA) is 0 Å². The maximum Gasteiger partial charge on any atom is -0.00779 e. The molecule has 0 heteroatoms. The highest BCUT2D eigenvalue weighted by molar-refractivity contribution is 5.78. The van der Waals surface area contributed by atoms with E-state index in [1.807, 2.05) is 6.07 Å². The van der Waals surface area contributed by atoms with Gasteiger partial charge in [-0.2, -0.15) is 0 Å². The molecule has 0 heterocycles. The first-order chi connectivity index (χ1) is 11.6. The van der Waals surface area contributed by atoms with Gasteiger partial charge in [0.1, 0.15) is 0 Å². The van der Waals surface area contributed by atoms with Crippen molar-refractivity contribution in [3.05, 3.63) is 77.9 Å². The van der Waals surface area contributed by atoms with E-state index in [0.717, 1.165) is 5.57 Å². The van der Waals surface area contributed by atoms with Gasteiger partial charge in [0.15, 0.2) is 0 Å². The highest BCUT2D eigenvalue weighted by Crippen LogP contribution is 2.37. The molecule has 0 N–H and O–H groups in total. The van der Waals surface area contributed by atoms with E-state index in [2.05, 4.69) is 96.7 Å². The maximum absolute atomic E-state index is 4.28. The summed E-state index contributed by atoms with van der Waals surface area (Å²) in [6.45, 7) is 18.4. The van der Waals surface area contributed by atoms with Crippen LogP contribution in [-0.4, -0.2) is 0 Å². The van der Waals surface area contributed by atoms with Crippen LogP contribution >= 0.6 is 0 Å². The molecular weight excluding hydrogens is 300 g/mol. The van der Waals surface area contributed by atoms with Crippen molar-refractivity contribution in [3.63, 3.8) is 0 Å². The molecule has 134 valence electrons. The van der Waals surface area contributed by atoms with Crippen LogP contribution in [0.5, 0.6) is 0 Å². The van der Waals surface area contributed by atoms with Crippen LogP contribution in [0.4, 0.5) is 0 Å². The van der Waals surface area contributed by atoms with E-state index in [4.69, 9.17) is 0 Å².